The lowest BCUT2D eigenvalue weighted by Crippen LogP contribution is -2.33. The summed E-state index contributed by atoms with van der Waals surface area (Å²) in [5, 5.41) is 3.95. The zero-order valence-corrected chi connectivity index (χ0v) is 17.3. The lowest BCUT2D eigenvalue weighted by molar-refractivity contribution is -0.127. The Morgan fingerprint density at radius 2 is 1.96 bits per heavy atom. The number of benzene rings is 1. The van der Waals surface area contributed by atoms with E-state index in [-0.39, 0.29) is 5.91 Å². The summed E-state index contributed by atoms with van der Waals surface area (Å²) in [6.07, 6.45) is 4.34. The fourth-order valence-electron chi connectivity index (χ4n) is 2.06. The Bertz CT molecular complexity index is 716. The molecule has 0 fully saturated rings. The highest BCUT2D eigenvalue weighted by molar-refractivity contribution is 9.11. The molecule has 1 aromatic heterocycles. The average molecular weight is 439 g/mol. The number of thiophene rings is 1. The third kappa shape index (κ3) is 7.17. The van der Waals surface area contributed by atoms with Gasteiger partial charge in [0.25, 0.3) is 5.91 Å². The first-order chi connectivity index (χ1) is 12.6. The zero-order chi connectivity index (χ0) is 18.8. The second-order valence-electron chi connectivity index (χ2n) is 5.66. The molecule has 1 aromatic carbocycles. The Hall–Kier alpha value is -1.86. The van der Waals surface area contributed by atoms with Crippen LogP contribution in [-0.2, 0) is 4.79 Å². The fraction of sp³-hybridized carbons (Fsp3) is 0.368. The number of carbonyl (C=O) groups excluding carboxylic acids is 1. The van der Waals surface area contributed by atoms with Crippen molar-refractivity contribution in [2.45, 2.75) is 39.2 Å². The van der Waals surface area contributed by atoms with Crippen molar-refractivity contribution in [2.75, 3.05) is 6.61 Å². The fourth-order valence-corrected chi connectivity index (χ4v) is 3.36. The molecule has 2 rings (SSSR count). The molecule has 0 spiro atoms. The summed E-state index contributed by atoms with van der Waals surface area (Å²) in [5.74, 6) is 1.11. The van der Waals surface area contributed by atoms with Crippen LogP contribution in [0.3, 0.4) is 0 Å². The van der Waals surface area contributed by atoms with Gasteiger partial charge in [-0.1, -0.05) is 19.8 Å². The first-order valence-corrected chi connectivity index (χ1v) is 10.2. The van der Waals surface area contributed by atoms with Gasteiger partial charge in [-0.15, -0.1) is 11.3 Å². The van der Waals surface area contributed by atoms with E-state index in [0.717, 1.165) is 20.8 Å². The van der Waals surface area contributed by atoms with Gasteiger partial charge in [0.15, 0.2) is 6.10 Å². The van der Waals surface area contributed by atoms with Gasteiger partial charge in [0.05, 0.1) is 16.6 Å². The molecule has 0 aliphatic heterocycles. The largest absolute Gasteiger partial charge is 0.494 e. The molecule has 7 heteroatoms. The van der Waals surface area contributed by atoms with E-state index in [1.165, 1.54) is 24.2 Å². The Labute approximate surface area is 166 Å². The lowest BCUT2D eigenvalue weighted by Gasteiger charge is -2.13. The van der Waals surface area contributed by atoms with Gasteiger partial charge in [-0.3, -0.25) is 4.79 Å². The number of nitrogens with zero attached hydrogens (tertiary/aromatic N) is 1. The number of hydrogen-bond donors (Lipinski definition) is 1. The molecule has 1 heterocycles. The number of ether oxygens (including phenoxy) is 2. The van der Waals surface area contributed by atoms with Gasteiger partial charge in [-0.05, 0) is 65.7 Å². The quantitative estimate of drug-likeness (QED) is 0.322. The van der Waals surface area contributed by atoms with E-state index in [1.807, 2.05) is 24.3 Å². The molecule has 0 aliphatic carbocycles. The van der Waals surface area contributed by atoms with Crippen LogP contribution < -0.4 is 14.9 Å². The Kier molecular flexibility index (Phi) is 8.64. The maximum atomic E-state index is 12.0. The standard InChI is InChI=1S/C19H23BrN2O3S/c1-3-4-5-12-24-15-6-8-16(9-7-15)25-14(2)19(23)22-21-13-17-10-11-18(20)26-17/h6-11,13-14H,3-5,12H2,1-2H3,(H,22,23)/b21-13-/t14-/m0/s1. The average Bonchev–Trinajstić information content (AvgIpc) is 3.05. The molecule has 0 aliphatic rings. The SMILES string of the molecule is CCCCCOc1ccc(O[C@@H](C)C(=O)N/N=C\c2ccc(Br)s2)cc1. The molecule has 140 valence electrons. The predicted molar refractivity (Wildman–Crippen MR) is 109 cm³/mol. The Balaban J connectivity index is 1.76. The van der Waals surface area contributed by atoms with Gasteiger partial charge in [0.2, 0.25) is 0 Å². The minimum Gasteiger partial charge on any atom is -0.494 e. The molecule has 0 unspecified atom stereocenters. The Morgan fingerprint density at radius 3 is 2.62 bits per heavy atom. The summed E-state index contributed by atoms with van der Waals surface area (Å²) >= 11 is 4.91. The summed E-state index contributed by atoms with van der Waals surface area (Å²) in [6, 6.07) is 11.1. The normalized spacial score (nSPS) is 12.1. The molecule has 1 amide bonds. The van der Waals surface area contributed by atoms with Crippen LogP contribution in [0.25, 0.3) is 0 Å². The second-order valence-corrected chi connectivity index (χ2v) is 8.16. The van der Waals surface area contributed by atoms with E-state index >= 15 is 0 Å². The summed E-state index contributed by atoms with van der Waals surface area (Å²) in [4.78, 5) is 13.0. The summed E-state index contributed by atoms with van der Waals surface area (Å²) in [5.41, 5.74) is 2.48. The van der Waals surface area contributed by atoms with E-state index in [9.17, 15) is 4.79 Å². The minimum absolute atomic E-state index is 0.309. The highest BCUT2D eigenvalue weighted by Gasteiger charge is 2.13. The number of nitrogens with one attached hydrogen (secondary N) is 1. The van der Waals surface area contributed by atoms with Crippen LogP contribution in [0.1, 0.15) is 38.0 Å². The van der Waals surface area contributed by atoms with E-state index in [2.05, 4.69) is 33.4 Å². The van der Waals surface area contributed by atoms with E-state index in [4.69, 9.17) is 9.47 Å². The van der Waals surface area contributed by atoms with Gasteiger partial charge in [-0.2, -0.15) is 5.10 Å². The van der Waals surface area contributed by atoms with Crippen LogP contribution >= 0.6 is 27.3 Å². The van der Waals surface area contributed by atoms with Crippen LogP contribution in [0, 0.1) is 0 Å². The van der Waals surface area contributed by atoms with Crippen LogP contribution in [0.4, 0.5) is 0 Å². The molecule has 1 atom stereocenters. The summed E-state index contributed by atoms with van der Waals surface area (Å²) in [7, 11) is 0. The van der Waals surface area contributed by atoms with Crippen LogP contribution in [-0.4, -0.2) is 24.8 Å². The van der Waals surface area contributed by atoms with Gasteiger partial charge in [0, 0.05) is 4.88 Å². The van der Waals surface area contributed by atoms with Crippen molar-refractivity contribution in [2.24, 2.45) is 5.10 Å². The zero-order valence-electron chi connectivity index (χ0n) is 14.9. The highest BCUT2D eigenvalue weighted by Crippen LogP contribution is 2.20. The predicted octanol–water partition coefficient (Wildman–Crippen LogP) is 5.00. The molecule has 2 aromatic rings. The molecule has 1 N–H and O–H groups in total. The van der Waals surface area contributed by atoms with Crippen molar-refractivity contribution in [1.82, 2.24) is 5.43 Å². The monoisotopic (exact) mass is 438 g/mol. The van der Waals surface area contributed by atoms with Crippen molar-refractivity contribution in [3.05, 3.63) is 45.1 Å². The molecule has 26 heavy (non-hydrogen) atoms. The Morgan fingerprint density at radius 1 is 1.23 bits per heavy atom. The van der Waals surface area contributed by atoms with Gasteiger partial charge in [-0.25, -0.2) is 5.43 Å². The molecule has 0 saturated heterocycles. The van der Waals surface area contributed by atoms with Crippen molar-refractivity contribution < 1.29 is 14.3 Å². The number of hydrogen-bond acceptors (Lipinski definition) is 5. The summed E-state index contributed by atoms with van der Waals surface area (Å²) in [6.45, 7) is 4.56. The van der Waals surface area contributed by atoms with E-state index in [1.54, 1.807) is 25.3 Å². The number of halogens is 1. The molecular formula is C19H23BrN2O3S. The van der Waals surface area contributed by atoms with E-state index in [0.29, 0.717) is 12.4 Å². The first kappa shape index (κ1) is 20.5. The van der Waals surface area contributed by atoms with Crippen molar-refractivity contribution in [1.29, 1.82) is 0 Å². The van der Waals surface area contributed by atoms with Crippen LogP contribution in [0.15, 0.2) is 45.3 Å². The van der Waals surface area contributed by atoms with Gasteiger partial charge < -0.3 is 9.47 Å². The van der Waals surface area contributed by atoms with Crippen molar-refractivity contribution in [3.63, 3.8) is 0 Å². The minimum atomic E-state index is -0.654. The smallest absolute Gasteiger partial charge is 0.280 e. The highest BCUT2D eigenvalue weighted by atomic mass is 79.9. The molecule has 0 saturated carbocycles. The van der Waals surface area contributed by atoms with Crippen molar-refractivity contribution in [3.8, 4) is 11.5 Å². The van der Waals surface area contributed by atoms with E-state index < -0.39 is 6.10 Å². The van der Waals surface area contributed by atoms with Crippen LogP contribution in [0.2, 0.25) is 0 Å². The number of rotatable bonds is 10. The third-order valence-electron chi connectivity index (χ3n) is 3.48. The van der Waals surface area contributed by atoms with Gasteiger partial charge in [0.1, 0.15) is 11.5 Å². The topological polar surface area (TPSA) is 59.9 Å². The van der Waals surface area contributed by atoms with Crippen LogP contribution in [0.5, 0.6) is 11.5 Å². The first-order valence-electron chi connectivity index (χ1n) is 8.56. The number of hydrazone groups is 1. The lowest BCUT2D eigenvalue weighted by atomic mass is 10.2. The molecule has 0 radical (unpaired) electrons. The van der Waals surface area contributed by atoms with Gasteiger partial charge >= 0.3 is 0 Å². The maximum Gasteiger partial charge on any atom is 0.280 e. The molecule has 0 bridgehead atoms. The maximum absolute atomic E-state index is 12.0. The summed E-state index contributed by atoms with van der Waals surface area (Å²) < 4.78 is 12.3. The number of unbranched alkanes of at least 4 members (excludes halogenated alkanes) is 2. The van der Waals surface area contributed by atoms with Crippen molar-refractivity contribution >= 4 is 39.4 Å². The third-order valence-corrected chi connectivity index (χ3v) is 5.04. The molecule has 5 nitrogen and oxygen atoms in total. The second kappa shape index (κ2) is 11.0. The number of carbonyl (C=O) groups is 1. The number of amides is 1. The molecular weight excluding hydrogens is 416 g/mol.